The molecular weight excluding hydrogens is 461 g/mol. The molecule has 4 atom stereocenters. The van der Waals surface area contributed by atoms with Crippen molar-refractivity contribution in [2.24, 2.45) is 29.6 Å². The number of hydrogen-bond acceptors (Lipinski definition) is 2. The van der Waals surface area contributed by atoms with Gasteiger partial charge in [0.25, 0.3) is 0 Å². The Hall–Kier alpha value is -2.20. The van der Waals surface area contributed by atoms with E-state index in [2.05, 4.69) is 35.2 Å². The van der Waals surface area contributed by atoms with Crippen molar-refractivity contribution in [3.05, 3.63) is 71.5 Å². The minimum absolute atomic E-state index is 0.156. The standard InChI is InChI=1S/C33H44FNO2/c34-30-14-12-24(13-15-30)6-4-7-25-16-18-35(19-17-25)23-29-21-28(22-31(29)27-10-2-1-3-11-27)32(33(36)37)20-26-8-5-9-26/h1-3,10-15,25-26,28-29,31-32H,4-9,16-23H2,(H,36,37)/t28?,29-,31-,32?/m1/s1. The van der Waals surface area contributed by atoms with Crippen LogP contribution in [0.2, 0.25) is 0 Å². The third-order valence-corrected chi connectivity index (χ3v) is 9.85. The number of nitrogens with zero attached hydrogens (tertiary/aromatic N) is 1. The van der Waals surface area contributed by atoms with Gasteiger partial charge in [0.15, 0.2) is 0 Å². The third-order valence-electron chi connectivity index (χ3n) is 9.85. The van der Waals surface area contributed by atoms with Crippen molar-refractivity contribution in [2.45, 2.75) is 76.5 Å². The van der Waals surface area contributed by atoms with E-state index in [1.54, 1.807) is 12.1 Å². The van der Waals surface area contributed by atoms with Crippen LogP contribution >= 0.6 is 0 Å². The van der Waals surface area contributed by atoms with Crippen LogP contribution in [0.3, 0.4) is 0 Å². The summed E-state index contributed by atoms with van der Waals surface area (Å²) in [5.41, 5.74) is 2.64. The number of carboxylic acids is 1. The van der Waals surface area contributed by atoms with Crippen molar-refractivity contribution in [1.82, 2.24) is 4.90 Å². The number of carboxylic acid groups (broad SMARTS) is 1. The summed E-state index contributed by atoms with van der Waals surface area (Å²) in [6.45, 7) is 3.43. The predicted molar refractivity (Wildman–Crippen MR) is 147 cm³/mol. The van der Waals surface area contributed by atoms with E-state index < -0.39 is 5.97 Å². The van der Waals surface area contributed by atoms with E-state index in [0.29, 0.717) is 23.7 Å². The summed E-state index contributed by atoms with van der Waals surface area (Å²) >= 11 is 0. The number of likely N-dealkylation sites (tertiary alicyclic amines) is 1. The van der Waals surface area contributed by atoms with Gasteiger partial charge in [-0.05, 0) is 111 Å². The maximum atomic E-state index is 13.1. The molecule has 3 nitrogen and oxygen atoms in total. The molecule has 2 unspecified atom stereocenters. The largest absolute Gasteiger partial charge is 0.481 e. The fraction of sp³-hybridized carbons (Fsp3) is 0.606. The first-order valence-electron chi connectivity index (χ1n) is 14.8. The van der Waals surface area contributed by atoms with E-state index in [-0.39, 0.29) is 11.7 Å². The lowest BCUT2D eigenvalue weighted by Crippen LogP contribution is -2.37. The number of rotatable bonds is 11. The number of aliphatic carboxylic acids is 1. The maximum absolute atomic E-state index is 13.1. The minimum atomic E-state index is -0.564. The van der Waals surface area contributed by atoms with Gasteiger partial charge in [0, 0.05) is 6.54 Å². The van der Waals surface area contributed by atoms with Crippen LogP contribution in [0.5, 0.6) is 0 Å². The Balaban J connectivity index is 1.14. The van der Waals surface area contributed by atoms with Crippen molar-refractivity contribution in [3.8, 4) is 0 Å². The smallest absolute Gasteiger partial charge is 0.306 e. The Labute approximate surface area is 222 Å². The van der Waals surface area contributed by atoms with Crippen molar-refractivity contribution in [3.63, 3.8) is 0 Å². The van der Waals surface area contributed by atoms with Gasteiger partial charge in [-0.15, -0.1) is 0 Å². The highest BCUT2D eigenvalue weighted by atomic mass is 19.1. The topological polar surface area (TPSA) is 40.5 Å². The Bertz CT molecular complexity index is 981. The first-order chi connectivity index (χ1) is 18.0. The van der Waals surface area contributed by atoms with Crippen LogP contribution in [0, 0.1) is 35.4 Å². The number of piperidine rings is 1. The number of benzene rings is 2. The lowest BCUT2D eigenvalue weighted by atomic mass is 9.74. The van der Waals surface area contributed by atoms with Gasteiger partial charge in [0.05, 0.1) is 5.92 Å². The zero-order valence-corrected chi connectivity index (χ0v) is 22.2. The summed E-state index contributed by atoms with van der Waals surface area (Å²) in [5, 5.41) is 10.1. The van der Waals surface area contributed by atoms with Crippen LogP contribution in [0.4, 0.5) is 4.39 Å². The molecule has 37 heavy (non-hydrogen) atoms. The second kappa shape index (κ2) is 12.6. The Kier molecular flexibility index (Phi) is 8.97. The molecule has 5 rings (SSSR count). The van der Waals surface area contributed by atoms with Gasteiger partial charge in [0.2, 0.25) is 0 Å². The minimum Gasteiger partial charge on any atom is -0.481 e. The van der Waals surface area contributed by atoms with Gasteiger partial charge in [-0.2, -0.15) is 0 Å². The van der Waals surface area contributed by atoms with E-state index in [4.69, 9.17) is 0 Å². The number of hydrogen-bond donors (Lipinski definition) is 1. The average Bonchev–Trinajstić information content (AvgIpc) is 3.29. The summed E-state index contributed by atoms with van der Waals surface area (Å²) in [5.74, 6) is 1.86. The zero-order valence-electron chi connectivity index (χ0n) is 22.2. The molecule has 0 bridgehead atoms. The normalized spacial score (nSPS) is 26.1. The Morgan fingerprint density at radius 1 is 0.946 bits per heavy atom. The Morgan fingerprint density at radius 3 is 2.32 bits per heavy atom. The van der Waals surface area contributed by atoms with Gasteiger partial charge < -0.3 is 10.0 Å². The molecule has 2 aromatic carbocycles. The van der Waals surface area contributed by atoms with Crippen molar-refractivity contribution >= 4 is 5.97 Å². The third kappa shape index (κ3) is 7.02. The lowest BCUT2D eigenvalue weighted by molar-refractivity contribution is -0.144. The SMILES string of the molecule is O=C(O)C(CC1CCC1)C1C[C@H](CN2CCC(CCCc3ccc(F)cc3)CC2)[C@@H](c2ccccc2)C1. The van der Waals surface area contributed by atoms with Gasteiger partial charge in [-0.1, -0.05) is 68.1 Å². The van der Waals surface area contributed by atoms with Crippen LogP contribution in [0.25, 0.3) is 0 Å². The number of carbonyl (C=O) groups is 1. The highest BCUT2D eigenvalue weighted by molar-refractivity contribution is 5.70. The Morgan fingerprint density at radius 2 is 1.68 bits per heavy atom. The molecule has 2 aromatic rings. The maximum Gasteiger partial charge on any atom is 0.306 e. The molecule has 1 aliphatic heterocycles. The fourth-order valence-electron chi connectivity index (χ4n) is 7.42. The van der Waals surface area contributed by atoms with E-state index in [1.807, 2.05) is 12.1 Å². The summed E-state index contributed by atoms with van der Waals surface area (Å²) in [4.78, 5) is 15.0. The molecule has 200 valence electrons. The quantitative estimate of drug-likeness (QED) is 0.342. The van der Waals surface area contributed by atoms with Gasteiger partial charge >= 0.3 is 5.97 Å². The summed E-state index contributed by atoms with van der Waals surface area (Å²) in [7, 11) is 0. The van der Waals surface area contributed by atoms with Crippen LogP contribution < -0.4 is 0 Å². The first kappa shape index (κ1) is 26.4. The summed E-state index contributed by atoms with van der Waals surface area (Å²) < 4.78 is 13.1. The zero-order chi connectivity index (χ0) is 25.6. The molecule has 3 fully saturated rings. The van der Waals surface area contributed by atoms with E-state index in [9.17, 15) is 14.3 Å². The number of aryl methyl sites for hydroxylation is 1. The fourth-order valence-corrected chi connectivity index (χ4v) is 7.42. The molecule has 1 N–H and O–H groups in total. The molecule has 0 radical (unpaired) electrons. The van der Waals surface area contributed by atoms with Gasteiger partial charge in [-0.3, -0.25) is 4.79 Å². The van der Waals surface area contributed by atoms with Crippen LogP contribution in [0.15, 0.2) is 54.6 Å². The van der Waals surface area contributed by atoms with Crippen molar-refractivity contribution in [2.75, 3.05) is 19.6 Å². The van der Waals surface area contributed by atoms with E-state index in [1.165, 1.54) is 56.1 Å². The monoisotopic (exact) mass is 505 g/mol. The lowest BCUT2D eigenvalue weighted by Gasteiger charge is -2.35. The average molecular weight is 506 g/mol. The highest BCUT2D eigenvalue weighted by Crippen LogP contribution is 2.49. The van der Waals surface area contributed by atoms with Gasteiger partial charge in [0.1, 0.15) is 5.82 Å². The second-order valence-corrected chi connectivity index (χ2v) is 12.2. The second-order valence-electron chi connectivity index (χ2n) is 12.2. The van der Waals surface area contributed by atoms with Crippen molar-refractivity contribution < 1.29 is 14.3 Å². The molecule has 4 heteroatoms. The van der Waals surface area contributed by atoms with Crippen LogP contribution in [0.1, 0.15) is 81.3 Å². The predicted octanol–water partition coefficient (Wildman–Crippen LogP) is 7.56. The highest BCUT2D eigenvalue weighted by Gasteiger charge is 2.43. The van der Waals surface area contributed by atoms with Crippen LogP contribution in [-0.4, -0.2) is 35.6 Å². The molecule has 1 heterocycles. The van der Waals surface area contributed by atoms with Gasteiger partial charge in [-0.25, -0.2) is 4.39 Å². The number of halogens is 1. The molecule has 2 aliphatic carbocycles. The molecule has 3 aliphatic rings. The van der Waals surface area contributed by atoms with Crippen molar-refractivity contribution in [1.29, 1.82) is 0 Å². The van der Waals surface area contributed by atoms with E-state index >= 15 is 0 Å². The first-order valence-corrected chi connectivity index (χ1v) is 14.8. The molecule has 1 saturated heterocycles. The molecule has 0 aromatic heterocycles. The summed E-state index contributed by atoms with van der Waals surface area (Å²) in [6, 6.07) is 17.8. The summed E-state index contributed by atoms with van der Waals surface area (Å²) in [6.07, 6.45) is 12.7. The van der Waals surface area contributed by atoms with E-state index in [0.717, 1.165) is 51.2 Å². The molecule has 0 spiro atoms. The molecular formula is C33H44FNO2. The molecule has 0 amide bonds. The van der Waals surface area contributed by atoms with Crippen LogP contribution in [-0.2, 0) is 11.2 Å². The molecule has 2 saturated carbocycles.